The number of hydrogen-bond acceptors (Lipinski definition) is 3. The number of hydrogen-bond donors (Lipinski definition) is 1. The molecule has 3 nitrogen and oxygen atoms in total. The summed E-state index contributed by atoms with van der Waals surface area (Å²) in [5.74, 6) is 0. The number of nitrogens with one attached hydrogen (secondary N) is 1. The Bertz CT molecular complexity index is 192. The van der Waals surface area contributed by atoms with E-state index in [9.17, 15) is 0 Å². The molecule has 0 saturated carbocycles. The Morgan fingerprint density at radius 1 is 1.19 bits per heavy atom. The van der Waals surface area contributed by atoms with Crippen LogP contribution in [0.5, 0.6) is 0 Å². The van der Waals surface area contributed by atoms with Gasteiger partial charge in [-0.15, -0.1) is 0 Å². The van der Waals surface area contributed by atoms with Crippen molar-refractivity contribution in [3.8, 4) is 0 Å². The highest BCUT2D eigenvalue weighted by Gasteiger charge is 2.29. The maximum atomic E-state index is 5.64. The highest BCUT2D eigenvalue weighted by molar-refractivity contribution is 4.85. The molecule has 2 heterocycles. The van der Waals surface area contributed by atoms with Crippen LogP contribution in [0, 0.1) is 0 Å². The number of ether oxygens (including phenoxy) is 1. The molecule has 2 aliphatic heterocycles. The fourth-order valence-electron chi connectivity index (χ4n) is 3.07. The second-order valence-corrected chi connectivity index (χ2v) is 5.03. The number of likely N-dealkylation sites (tertiary alicyclic amines) is 1. The van der Waals surface area contributed by atoms with Gasteiger partial charge in [0, 0.05) is 18.7 Å². The molecule has 0 bridgehead atoms. The van der Waals surface area contributed by atoms with Crippen LogP contribution in [0.15, 0.2) is 0 Å². The van der Waals surface area contributed by atoms with Gasteiger partial charge in [0.1, 0.15) is 0 Å². The van der Waals surface area contributed by atoms with Gasteiger partial charge in [-0.05, 0) is 52.2 Å². The van der Waals surface area contributed by atoms with Gasteiger partial charge >= 0.3 is 0 Å². The summed E-state index contributed by atoms with van der Waals surface area (Å²) in [7, 11) is 0. The molecule has 16 heavy (non-hydrogen) atoms. The third-order valence-corrected chi connectivity index (χ3v) is 3.96. The van der Waals surface area contributed by atoms with E-state index < -0.39 is 0 Å². The molecule has 0 aromatic rings. The molecule has 2 rings (SSSR count). The summed E-state index contributed by atoms with van der Waals surface area (Å²) in [4.78, 5) is 2.74. The molecule has 0 amide bonds. The van der Waals surface area contributed by atoms with E-state index in [-0.39, 0.29) is 0 Å². The van der Waals surface area contributed by atoms with Gasteiger partial charge in [-0.2, -0.15) is 0 Å². The molecule has 94 valence electrons. The van der Waals surface area contributed by atoms with Gasteiger partial charge in [0.2, 0.25) is 0 Å². The zero-order valence-electron chi connectivity index (χ0n) is 10.6. The topological polar surface area (TPSA) is 24.5 Å². The molecular weight excluding hydrogens is 200 g/mol. The number of piperidine rings is 2. The van der Waals surface area contributed by atoms with Crippen LogP contribution in [0.4, 0.5) is 0 Å². The molecule has 1 N–H and O–H groups in total. The van der Waals surface area contributed by atoms with Crippen molar-refractivity contribution in [1.82, 2.24) is 10.2 Å². The Morgan fingerprint density at radius 2 is 2.00 bits per heavy atom. The van der Waals surface area contributed by atoms with E-state index in [1.165, 1.54) is 51.7 Å². The van der Waals surface area contributed by atoms with E-state index in [1.807, 2.05) is 0 Å². The van der Waals surface area contributed by atoms with Crippen molar-refractivity contribution in [2.75, 3.05) is 32.8 Å². The lowest BCUT2D eigenvalue weighted by Gasteiger charge is -2.42. The van der Waals surface area contributed by atoms with Gasteiger partial charge in [-0.1, -0.05) is 6.42 Å². The van der Waals surface area contributed by atoms with Gasteiger partial charge in [0.15, 0.2) is 0 Å². The van der Waals surface area contributed by atoms with Crippen molar-refractivity contribution < 1.29 is 4.74 Å². The van der Waals surface area contributed by atoms with E-state index in [1.54, 1.807) is 0 Å². The average Bonchev–Trinajstić information content (AvgIpc) is 2.38. The largest absolute Gasteiger partial charge is 0.380 e. The minimum atomic E-state index is 0.691. The minimum Gasteiger partial charge on any atom is -0.380 e. The first-order chi connectivity index (χ1) is 7.92. The molecule has 0 aromatic heterocycles. The molecule has 0 unspecified atom stereocenters. The highest BCUT2D eigenvalue weighted by atomic mass is 16.5. The van der Waals surface area contributed by atoms with Gasteiger partial charge < -0.3 is 10.1 Å². The molecular formula is C13H26N2O. The highest BCUT2D eigenvalue weighted by Crippen LogP contribution is 2.23. The summed E-state index contributed by atoms with van der Waals surface area (Å²) in [5, 5.41) is 3.45. The molecule has 2 fully saturated rings. The van der Waals surface area contributed by atoms with Gasteiger partial charge in [0.05, 0.1) is 6.61 Å². The third kappa shape index (κ3) is 3.19. The van der Waals surface area contributed by atoms with Crippen LogP contribution in [-0.4, -0.2) is 49.8 Å². The first-order valence-corrected chi connectivity index (χ1v) is 6.96. The zero-order valence-corrected chi connectivity index (χ0v) is 10.6. The van der Waals surface area contributed by atoms with E-state index in [0.29, 0.717) is 6.04 Å². The Balaban J connectivity index is 1.86. The Hall–Kier alpha value is -0.120. The summed E-state index contributed by atoms with van der Waals surface area (Å²) >= 11 is 0. The van der Waals surface area contributed by atoms with Gasteiger partial charge in [-0.25, -0.2) is 0 Å². The third-order valence-electron chi connectivity index (χ3n) is 3.96. The lowest BCUT2D eigenvalue weighted by atomic mass is 9.96. The van der Waals surface area contributed by atoms with E-state index in [0.717, 1.165) is 19.3 Å². The summed E-state index contributed by atoms with van der Waals surface area (Å²) in [6.45, 7) is 7.59. The normalized spacial score (nSPS) is 29.4. The molecule has 3 heteroatoms. The van der Waals surface area contributed by atoms with Crippen molar-refractivity contribution in [1.29, 1.82) is 0 Å². The standard InChI is InChI=1S/C13H26N2O/c1-2-16-11-13-5-3-4-10-15(13)12-6-8-14-9-7-12/h12-14H,2-11H2,1H3/t13-/m0/s1. The molecule has 0 aromatic carbocycles. The molecule has 1 atom stereocenters. The SMILES string of the molecule is CCOC[C@@H]1CCCCN1C1CCNCC1. The van der Waals surface area contributed by atoms with Crippen molar-refractivity contribution in [2.24, 2.45) is 0 Å². The monoisotopic (exact) mass is 226 g/mol. The lowest BCUT2D eigenvalue weighted by molar-refractivity contribution is 0.0133. The van der Waals surface area contributed by atoms with Crippen LogP contribution < -0.4 is 5.32 Å². The fraction of sp³-hybridized carbons (Fsp3) is 1.00. The minimum absolute atomic E-state index is 0.691. The second-order valence-electron chi connectivity index (χ2n) is 5.03. The van der Waals surface area contributed by atoms with Crippen molar-refractivity contribution >= 4 is 0 Å². The van der Waals surface area contributed by atoms with Gasteiger partial charge in [-0.3, -0.25) is 4.90 Å². The van der Waals surface area contributed by atoms with E-state index in [4.69, 9.17) is 4.74 Å². The van der Waals surface area contributed by atoms with E-state index in [2.05, 4.69) is 17.1 Å². The van der Waals surface area contributed by atoms with Crippen molar-refractivity contribution in [3.63, 3.8) is 0 Å². The molecule has 2 aliphatic rings. The molecule has 2 saturated heterocycles. The van der Waals surface area contributed by atoms with Gasteiger partial charge in [0.25, 0.3) is 0 Å². The smallest absolute Gasteiger partial charge is 0.0621 e. The predicted molar refractivity (Wildman–Crippen MR) is 66.7 cm³/mol. The Morgan fingerprint density at radius 3 is 2.75 bits per heavy atom. The second kappa shape index (κ2) is 6.58. The van der Waals surface area contributed by atoms with Crippen LogP contribution >= 0.6 is 0 Å². The fourth-order valence-corrected chi connectivity index (χ4v) is 3.07. The van der Waals surface area contributed by atoms with Crippen molar-refractivity contribution in [3.05, 3.63) is 0 Å². The Kier molecular flexibility index (Phi) is 5.07. The summed E-state index contributed by atoms with van der Waals surface area (Å²) in [6, 6.07) is 1.50. The molecule has 0 radical (unpaired) electrons. The quantitative estimate of drug-likeness (QED) is 0.788. The molecule has 0 aliphatic carbocycles. The zero-order chi connectivity index (χ0) is 11.2. The average molecular weight is 226 g/mol. The Labute approximate surface area is 99.5 Å². The summed E-state index contributed by atoms with van der Waals surface area (Å²) < 4.78 is 5.64. The summed E-state index contributed by atoms with van der Waals surface area (Å²) in [6.07, 6.45) is 6.75. The number of nitrogens with zero attached hydrogens (tertiary/aromatic N) is 1. The van der Waals surface area contributed by atoms with Crippen LogP contribution in [0.2, 0.25) is 0 Å². The lowest BCUT2D eigenvalue weighted by Crippen LogP contribution is -2.51. The first-order valence-electron chi connectivity index (χ1n) is 6.96. The maximum Gasteiger partial charge on any atom is 0.0621 e. The summed E-state index contributed by atoms with van der Waals surface area (Å²) in [5.41, 5.74) is 0. The van der Waals surface area contributed by atoms with E-state index >= 15 is 0 Å². The predicted octanol–water partition coefficient (Wildman–Crippen LogP) is 1.63. The molecule has 0 spiro atoms. The first kappa shape index (κ1) is 12.3. The van der Waals surface area contributed by atoms with Crippen LogP contribution in [0.1, 0.15) is 39.0 Å². The van der Waals surface area contributed by atoms with Crippen LogP contribution in [0.3, 0.4) is 0 Å². The van der Waals surface area contributed by atoms with Crippen LogP contribution in [-0.2, 0) is 4.74 Å². The van der Waals surface area contributed by atoms with Crippen LogP contribution in [0.25, 0.3) is 0 Å². The number of rotatable bonds is 4. The van der Waals surface area contributed by atoms with Crippen molar-refractivity contribution in [2.45, 2.75) is 51.1 Å². The maximum absolute atomic E-state index is 5.64.